The molecule has 1 saturated heterocycles. The van der Waals surface area contributed by atoms with Crippen molar-refractivity contribution in [1.82, 2.24) is 14.0 Å². The number of primary amides is 1. The number of anilines is 1. The van der Waals surface area contributed by atoms with Gasteiger partial charge in [0.2, 0.25) is 6.41 Å². The van der Waals surface area contributed by atoms with Crippen molar-refractivity contribution in [3.8, 4) is 0 Å². The van der Waals surface area contributed by atoms with Crippen LogP contribution in [0, 0.1) is 0 Å². The van der Waals surface area contributed by atoms with E-state index in [4.69, 9.17) is 10.5 Å². The Morgan fingerprint density at radius 3 is 2.12 bits per heavy atom. The Balaban J connectivity index is 0.00000129. The zero-order valence-corrected chi connectivity index (χ0v) is 18.8. The topological polar surface area (TPSA) is 133 Å². The highest BCUT2D eigenvalue weighted by molar-refractivity contribution is 6.01. The van der Waals surface area contributed by atoms with E-state index >= 15 is 0 Å². The van der Waals surface area contributed by atoms with Crippen LogP contribution in [0.3, 0.4) is 0 Å². The van der Waals surface area contributed by atoms with E-state index in [0.717, 1.165) is 53.6 Å². The lowest BCUT2D eigenvalue weighted by atomic mass is 10.1. The summed E-state index contributed by atoms with van der Waals surface area (Å²) in [6, 6.07) is 4.31. The van der Waals surface area contributed by atoms with Crippen molar-refractivity contribution in [3.05, 3.63) is 61.8 Å². The van der Waals surface area contributed by atoms with E-state index in [0.29, 0.717) is 5.56 Å². The van der Waals surface area contributed by atoms with Gasteiger partial charge in [0, 0.05) is 6.54 Å². The molecule has 0 bridgehead atoms. The quantitative estimate of drug-likeness (QED) is 0.472. The number of carbonyl (C=O) groups excluding carboxylic acids is 2. The number of hydrogen-bond donors (Lipinski definition) is 2. The third kappa shape index (κ3) is 6.34. The molecule has 2 heterocycles. The number of halogens is 3. The second-order valence-corrected chi connectivity index (χ2v) is 7.77. The zero-order valence-electron chi connectivity index (χ0n) is 18.8. The number of nitrogens with zero attached hydrogens (tertiary/aromatic N) is 3. The zero-order chi connectivity index (χ0) is 25.5. The molecule has 3 rings (SSSR count). The van der Waals surface area contributed by atoms with Crippen LogP contribution in [0.4, 0.5) is 19.0 Å². The summed E-state index contributed by atoms with van der Waals surface area (Å²) in [6.07, 6.45) is -1.20. The van der Waals surface area contributed by atoms with Crippen molar-refractivity contribution in [2.75, 3.05) is 25.4 Å². The number of ketones is 1. The number of nitrogen functional groups attached to an aromatic ring is 1. The van der Waals surface area contributed by atoms with Gasteiger partial charge in [-0.15, -0.1) is 0 Å². The first-order valence-electron chi connectivity index (χ1n) is 10.7. The van der Waals surface area contributed by atoms with E-state index in [9.17, 15) is 27.6 Å². The molecular weight excluding hydrogens is 455 g/mol. The lowest BCUT2D eigenvalue weighted by Crippen LogP contribution is -2.45. The van der Waals surface area contributed by atoms with Gasteiger partial charge in [0.15, 0.2) is 5.78 Å². The van der Waals surface area contributed by atoms with Crippen molar-refractivity contribution in [2.24, 2.45) is 5.73 Å². The first-order chi connectivity index (χ1) is 16.0. The van der Waals surface area contributed by atoms with E-state index in [1.807, 2.05) is 4.90 Å². The maximum Gasteiger partial charge on any atom is 0.416 e. The van der Waals surface area contributed by atoms with Gasteiger partial charge in [0.05, 0.1) is 18.7 Å². The average Bonchev–Trinajstić information content (AvgIpc) is 2.78. The normalized spacial score (nSPS) is 14.2. The molecule has 1 aromatic carbocycles. The summed E-state index contributed by atoms with van der Waals surface area (Å²) >= 11 is 0. The summed E-state index contributed by atoms with van der Waals surface area (Å²) < 4.78 is 40.4. The van der Waals surface area contributed by atoms with Crippen LogP contribution >= 0.6 is 0 Å². The fraction of sp³-hybridized carbons (Fsp3) is 0.455. The van der Waals surface area contributed by atoms with Gasteiger partial charge in [0.1, 0.15) is 11.4 Å². The van der Waals surface area contributed by atoms with Gasteiger partial charge >= 0.3 is 11.9 Å². The first-order valence-corrected chi connectivity index (χ1v) is 10.7. The Morgan fingerprint density at radius 1 is 1.06 bits per heavy atom. The lowest BCUT2D eigenvalue weighted by molar-refractivity contribution is -0.137. The molecule has 1 aliphatic heterocycles. The molecule has 4 N–H and O–H groups in total. The van der Waals surface area contributed by atoms with Gasteiger partial charge < -0.3 is 11.5 Å². The van der Waals surface area contributed by atoms with E-state index in [1.54, 1.807) is 6.92 Å². The molecule has 2 aromatic rings. The molecule has 186 valence electrons. The summed E-state index contributed by atoms with van der Waals surface area (Å²) in [5.41, 5.74) is 8.13. The van der Waals surface area contributed by atoms with Gasteiger partial charge in [-0.3, -0.25) is 28.4 Å². The third-order valence-electron chi connectivity index (χ3n) is 5.50. The van der Waals surface area contributed by atoms with Crippen molar-refractivity contribution in [2.45, 2.75) is 45.5 Å². The van der Waals surface area contributed by atoms with Crippen molar-refractivity contribution >= 4 is 18.0 Å². The van der Waals surface area contributed by atoms with Gasteiger partial charge in [-0.05, 0) is 50.6 Å². The summed E-state index contributed by atoms with van der Waals surface area (Å²) in [6.45, 7) is 3.00. The second kappa shape index (κ2) is 11.6. The van der Waals surface area contributed by atoms with Crippen LogP contribution < -0.4 is 22.7 Å². The van der Waals surface area contributed by atoms with Gasteiger partial charge in [-0.2, -0.15) is 13.2 Å². The fourth-order valence-corrected chi connectivity index (χ4v) is 3.79. The third-order valence-corrected chi connectivity index (χ3v) is 5.50. The summed E-state index contributed by atoms with van der Waals surface area (Å²) in [5.74, 6) is -0.727. The number of amides is 1. The molecule has 1 amide bonds. The molecular formula is C22H28F3N5O4. The van der Waals surface area contributed by atoms with Crippen LogP contribution in [-0.4, -0.2) is 45.9 Å². The number of hydrogen-bond acceptors (Lipinski definition) is 6. The molecule has 0 aliphatic carbocycles. The van der Waals surface area contributed by atoms with Crippen LogP contribution in [-0.2, 0) is 24.1 Å². The first kappa shape index (κ1) is 26.8. The van der Waals surface area contributed by atoms with Crippen LogP contribution in [0.2, 0.25) is 0 Å². The number of Topliss-reactive ketones (excluding diaryl/α,β-unsaturated/α-hetero) is 1. The molecule has 9 nitrogen and oxygen atoms in total. The van der Waals surface area contributed by atoms with Gasteiger partial charge in [-0.1, -0.05) is 18.6 Å². The van der Waals surface area contributed by atoms with E-state index in [-0.39, 0.29) is 37.4 Å². The summed E-state index contributed by atoms with van der Waals surface area (Å²) in [4.78, 5) is 49.0. The van der Waals surface area contributed by atoms with E-state index < -0.39 is 28.8 Å². The Morgan fingerprint density at radius 2 is 1.62 bits per heavy atom. The predicted molar refractivity (Wildman–Crippen MR) is 120 cm³/mol. The highest BCUT2D eigenvalue weighted by atomic mass is 19.4. The second-order valence-electron chi connectivity index (χ2n) is 7.77. The number of carbonyl (C=O) groups is 2. The Hall–Kier alpha value is -3.41. The molecule has 0 saturated carbocycles. The Labute approximate surface area is 193 Å². The lowest BCUT2D eigenvalue weighted by Gasteiger charge is -2.26. The van der Waals surface area contributed by atoms with Crippen LogP contribution in [0.15, 0.2) is 33.9 Å². The molecule has 0 spiro atoms. The van der Waals surface area contributed by atoms with Crippen LogP contribution in [0.5, 0.6) is 0 Å². The monoisotopic (exact) mass is 483 g/mol. The van der Waals surface area contributed by atoms with Crippen LogP contribution in [0.1, 0.15) is 47.7 Å². The maximum atomic E-state index is 12.9. The molecule has 1 fully saturated rings. The highest BCUT2D eigenvalue weighted by Crippen LogP contribution is 2.29. The summed E-state index contributed by atoms with van der Waals surface area (Å²) in [7, 11) is 0. The number of piperidine rings is 1. The predicted octanol–water partition coefficient (Wildman–Crippen LogP) is 1.45. The van der Waals surface area contributed by atoms with Crippen molar-refractivity contribution in [1.29, 1.82) is 0 Å². The molecule has 0 radical (unpaired) electrons. The molecule has 12 heteroatoms. The molecule has 0 atom stereocenters. The van der Waals surface area contributed by atoms with E-state index in [2.05, 4.69) is 5.73 Å². The SMILES string of the molecule is CCn1c(=O)c(C(=O)CN2CCCCC2)c(N)n(Cc2ccc(C(F)(F)F)cc2)c1=O.NC=O. The number of aromatic nitrogens is 2. The minimum absolute atomic E-state index is 0.0294. The molecule has 0 unspecified atom stereocenters. The number of rotatable bonds is 6. The van der Waals surface area contributed by atoms with Crippen LogP contribution in [0.25, 0.3) is 0 Å². The van der Waals surface area contributed by atoms with Gasteiger partial charge in [0.25, 0.3) is 5.56 Å². The minimum Gasteiger partial charge on any atom is -0.384 e. The summed E-state index contributed by atoms with van der Waals surface area (Å²) in [5, 5.41) is 0. The Kier molecular flexibility index (Phi) is 9.19. The number of likely N-dealkylation sites (tertiary alicyclic amines) is 1. The maximum absolute atomic E-state index is 12.9. The molecule has 34 heavy (non-hydrogen) atoms. The molecule has 1 aliphatic rings. The van der Waals surface area contributed by atoms with Gasteiger partial charge in [-0.25, -0.2) is 4.79 Å². The minimum atomic E-state index is -4.47. The number of alkyl halides is 3. The van der Waals surface area contributed by atoms with E-state index in [1.165, 1.54) is 12.1 Å². The largest absolute Gasteiger partial charge is 0.416 e. The molecule has 1 aromatic heterocycles. The van der Waals surface area contributed by atoms with Crippen molar-refractivity contribution in [3.63, 3.8) is 0 Å². The standard InChI is InChI=1S/C21H25F3N4O3.CH3NO/c1-2-27-19(30)17(16(29)13-26-10-4-3-5-11-26)18(25)28(20(27)31)12-14-6-8-15(9-7-14)21(22,23)24;2-1-3/h6-9H,2-5,10-13,25H2,1H3;1H,(H2,2,3). The Bertz CT molecular complexity index is 1120. The average molecular weight is 483 g/mol. The fourth-order valence-electron chi connectivity index (χ4n) is 3.79. The number of benzene rings is 1. The van der Waals surface area contributed by atoms with Crippen molar-refractivity contribution < 1.29 is 22.8 Å². The highest BCUT2D eigenvalue weighted by Gasteiger charge is 2.30. The smallest absolute Gasteiger partial charge is 0.384 e. The number of nitrogens with two attached hydrogens (primary N) is 2.